The van der Waals surface area contributed by atoms with Crippen LogP contribution in [0.5, 0.6) is 5.75 Å². The van der Waals surface area contributed by atoms with Crippen molar-refractivity contribution in [3.05, 3.63) is 29.6 Å². The van der Waals surface area contributed by atoms with E-state index < -0.39 is 23.2 Å². The number of hydrogen-bond acceptors (Lipinski definition) is 4. The lowest BCUT2D eigenvalue weighted by Crippen LogP contribution is -2.36. The molecule has 0 N–H and O–H groups in total. The number of carbonyl (C=O) groups is 2. The summed E-state index contributed by atoms with van der Waals surface area (Å²) >= 11 is 0. The highest BCUT2D eigenvalue weighted by Gasteiger charge is 2.33. The van der Waals surface area contributed by atoms with E-state index in [0.29, 0.717) is 0 Å². The van der Waals surface area contributed by atoms with E-state index in [0.717, 1.165) is 12.1 Å². The summed E-state index contributed by atoms with van der Waals surface area (Å²) in [5.41, 5.74) is -1.15. The lowest BCUT2D eigenvalue weighted by atomic mass is 9.95. The summed E-state index contributed by atoms with van der Waals surface area (Å²) in [6.07, 6.45) is 0. The largest absolute Gasteiger partial charge is 0.496 e. The van der Waals surface area contributed by atoms with Crippen molar-refractivity contribution in [1.82, 2.24) is 0 Å². The van der Waals surface area contributed by atoms with Crippen LogP contribution in [0.2, 0.25) is 0 Å². The molecule has 0 atom stereocenters. The van der Waals surface area contributed by atoms with Gasteiger partial charge in [-0.1, -0.05) is 0 Å². The molecule has 0 spiro atoms. The van der Waals surface area contributed by atoms with Gasteiger partial charge >= 0.3 is 5.97 Å². The number of carbonyl (C=O) groups excluding carboxylic acids is 2. The van der Waals surface area contributed by atoms with Crippen LogP contribution >= 0.6 is 0 Å². The monoisotopic (exact) mass is 254 g/mol. The van der Waals surface area contributed by atoms with Crippen molar-refractivity contribution in [2.45, 2.75) is 26.4 Å². The first-order valence-corrected chi connectivity index (χ1v) is 5.36. The maximum atomic E-state index is 13.0. The van der Waals surface area contributed by atoms with Crippen molar-refractivity contribution in [3.8, 4) is 5.75 Å². The Labute approximate surface area is 105 Å². The van der Waals surface area contributed by atoms with Gasteiger partial charge in [-0.15, -0.1) is 0 Å². The Kier molecular flexibility index (Phi) is 4.06. The van der Waals surface area contributed by atoms with Crippen LogP contribution in [0.1, 0.15) is 31.1 Å². The summed E-state index contributed by atoms with van der Waals surface area (Å²) in [5, 5.41) is 0. The second kappa shape index (κ2) is 5.16. The van der Waals surface area contributed by atoms with Gasteiger partial charge in [0, 0.05) is 13.0 Å². The smallest absolute Gasteiger partial charge is 0.303 e. The Morgan fingerprint density at radius 3 is 2.39 bits per heavy atom. The molecular formula is C13H15FO4. The Hall–Kier alpha value is -1.91. The molecule has 0 aliphatic heterocycles. The van der Waals surface area contributed by atoms with Crippen molar-refractivity contribution >= 4 is 11.8 Å². The minimum absolute atomic E-state index is 0.111. The van der Waals surface area contributed by atoms with Crippen LogP contribution in [-0.4, -0.2) is 24.5 Å². The summed E-state index contributed by atoms with van der Waals surface area (Å²) in [7, 11) is 1.34. The fourth-order valence-electron chi connectivity index (χ4n) is 1.58. The average molecular weight is 254 g/mol. The maximum absolute atomic E-state index is 13.0. The van der Waals surface area contributed by atoms with Gasteiger partial charge in [0.15, 0.2) is 5.60 Å². The van der Waals surface area contributed by atoms with E-state index in [1.807, 2.05) is 0 Å². The van der Waals surface area contributed by atoms with Crippen LogP contribution < -0.4 is 4.74 Å². The van der Waals surface area contributed by atoms with Gasteiger partial charge in [-0.25, -0.2) is 4.39 Å². The van der Waals surface area contributed by atoms with Crippen molar-refractivity contribution in [2.75, 3.05) is 7.11 Å². The second-order valence-corrected chi connectivity index (χ2v) is 4.28. The van der Waals surface area contributed by atoms with Crippen LogP contribution in [0, 0.1) is 5.82 Å². The summed E-state index contributed by atoms with van der Waals surface area (Å²) in [5.74, 6) is -1.40. The summed E-state index contributed by atoms with van der Waals surface area (Å²) < 4.78 is 22.9. The molecule has 0 amide bonds. The zero-order chi connectivity index (χ0) is 13.9. The first-order valence-electron chi connectivity index (χ1n) is 5.36. The molecule has 0 aliphatic carbocycles. The average Bonchev–Trinajstić information content (AvgIpc) is 2.26. The molecule has 4 nitrogen and oxygen atoms in total. The van der Waals surface area contributed by atoms with E-state index in [4.69, 9.17) is 9.47 Å². The number of rotatable bonds is 4. The van der Waals surface area contributed by atoms with E-state index in [1.54, 1.807) is 0 Å². The SMILES string of the molecule is COc1cc(F)ccc1C(=O)C(C)(C)OC(C)=O. The standard InChI is InChI=1S/C13H15FO4/c1-8(15)18-13(2,3)12(16)10-6-5-9(14)7-11(10)17-4/h5-7H,1-4H3. The predicted molar refractivity (Wildman–Crippen MR) is 63.1 cm³/mol. The van der Waals surface area contributed by atoms with Gasteiger partial charge in [0.2, 0.25) is 5.78 Å². The zero-order valence-corrected chi connectivity index (χ0v) is 10.7. The Morgan fingerprint density at radius 2 is 1.89 bits per heavy atom. The Morgan fingerprint density at radius 1 is 1.28 bits per heavy atom. The second-order valence-electron chi connectivity index (χ2n) is 4.28. The topological polar surface area (TPSA) is 52.6 Å². The fourth-order valence-corrected chi connectivity index (χ4v) is 1.58. The number of ether oxygens (including phenoxy) is 2. The number of hydrogen-bond donors (Lipinski definition) is 0. The van der Waals surface area contributed by atoms with Crippen LogP contribution in [-0.2, 0) is 9.53 Å². The quantitative estimate of drug-likeness (QED) is 0.611. The summed E-state index contributed by atoms with van der Waals surface area (Å²) in [4.78, 5) is 23.2. The molecule has 0 unspecified atom stereocenters. The molecule has 0 heterocycles. The third kappa shape index (κ3) is 3.06. The van der Waals surface area contributed by atoms with Gasteiger partial charge < -0.3 is 9.47 Å². The molecule has 0 bridgehead atoms. The third-order valence-corrected chi connectivity index (χ3v) is 2.35. The van der Waals surface area contributed by atoms with Gasteiger partial charge in [0.1, 0.15) is 11.6 Å². The lowest BCUT2D eigenvalue weighted by molar-refractivity contribution is -0.149. The fraction of sp³-hybridized carbons (Fsp3) is 0.385. The number of benzene rings is 1. The van der Waals surface area contributed by atoms with E-state index in [2.05, 4.69) is 0 Å². The molecule has 98 valence electrons. The highest BCUT2D eigenvalue weighted by atomic mass is 19.1. The molecule has 0 saturated heterocycles. The van der Waals surface area contributed by atoms with E-state index in [9.17, 15) is 14.0 Å². The minimum Gasteiger partial charge on any atom is -0.496 e. The number of ketones is 1. The lowest BCUT2D eigenvalue weighted by Gasteiger charge is -2.23. The molecule has 18 heavy (non-hydrogen) atoms. The van der Waals surface area contributed by atoms with Crippen molar-refractivity contribution < 1.29 is 23.5 Å². The highest BCUT2D eigenvalue weighted by Crippen LogP contribution is 2.26. The summed E-state index contributed by atoms with van der Waals surface area (Å²) in [6.45, 7) is 4.16. The van der Waals surface area contributed by atoms with E-state index in [1.165, 1.54) is 33.9 Å². The Balaban J connectivity index is 3.14. The molecule has 0 saturated carbocycles. The normalized spacial score (nSPS) is 10.9. The van der Waals surface area contributed by atoms with E-state index >= 15 is 0 Å². The molecule has 0 radical (unpaired) electrons. The van der Waals surface area contributed by atoms with Crippen LogP contribution in [0.4, 0.5) is 4.39 Å². The molecule has 1 rings (SSSR count). The molecular weight excluding hydrogens is 239 g/mol. The molecule has 0 fully saturated rings. The number of Topliss-reactive ketones (excluding diaryl/α,β-unsaturated/α-hetero) is 1. The molecule has 5 heteroatoms. The Bertz CT molecular complexity index is 480. The maximum Gasteiger partial charge on any atom is 0.303 e. The first kappa shape index (κ1) is 14.2. The first-order chi connectivity index (χ1) is 8.27. The van der Waals surface area contributed by atoms with Gasteiger partial charge in [-0.2, -0.15) is 0 Å². The van der Waals surface area contributed by atoms with Crippen molar-refractivity contribution in [3.63, 3.8) is 0 Å². The van der Waals surface area contributed by atoms with Crippen molar-refractivity contribution in [1.29, 1.82) is 0 Å². The van der Waals surface area contributed by atoms with Crippen LogP contribution in [0.25, 0.3) is 0 Å². The van der Waals surface area contributed by atoms with Crippen LogP contribution in [0.3, 0.4) is 0 Å². The molecule has 1 aromatic carbocycles. The molecule has 1 aromatic rings. The van der Waals surface area contributed by atoms with Gasteiger partial charge in [0.05, 0.1) is 12.7 Å². The zero-order valence-electron chi connectivity index (χ0n) is 10.7. The molecule has 0 aromatic heterocycles. The van der Waals surface area contributed by atoms with Gasteiger partial charge in [-0.3, -0.25) is 9.59 Å². The van der Waals surface area contributed by atoms with Gasteiger partial charge in [0.25, 0.3) is 0 Å². The highest BCUT2D eigenvalue weighted by molar-refractivity contribution is 6.04. The van der Waals surface area contributed by atoms with E-state index in [-0.39, 0.29) is 11.3 Å². The number of methoxy groups -OCH3 is 1. The number of esters is 1. The summed E-state index contributed by atoms with van der Waals surface area (Å²) in [6, 6.07) is 3.57. The van der Waals surface area contributed by atoms with Crippen molar-refractivity contribution in [2.24, 2.45) is 0 Å². The third-order valence-electron chi connectivity index (χ3n) is 2.35. The number of halogens is 1. The molecule has 0 aliphatic rings. The minimum atomic E-state index is -1.32. The predicted octanol–water partition coefficient (Wildman–Crippen LogP) is 2.36. The van der Waals surface area contributed by atoms with Gasteiger partial charge in [-0.05, 0) is 26.0 Å². The van der Waals surface area contributed by atoms with Crippen LogP contribution in [0.15, 0.2) is 18.2 Å².